The molecule has 0 aliphatic heterocycles. The minimum absolute atomic E-state index is 0.00176. The lowest BCUT2D eigenvalue weighted by Crippen LogP contribution is -2.08. The van der Waals surface area contributed by atoms with Gasteiger partial charge in [-0.05, 0) is 44.4 Å². The van der Waals surface area contributed by atoms with Crippen LogP contribution in [0.1, 0.15) is 32.3 Å². The molecule has 1 aromatic carbocycles. The van der Waals surface area contributed by atoms with E-state index in [1.54, 1.807) is 12.1 Å². The molecule has 0 radical (unpaired) electrons. The van der Waals surface area contributed by atoms with Crippen molar-refractivity contribution in [1.82, 2.24) is 0 Å². The zero-order chi connectivity index (χ0) is 13.7. The summed E-state index contributed by atoms with van der Waals surface area (Å²) in [4.78, 5) is 10.5. The van der Waals surface area contributed by atoms with E-state index in [-0.39, 0.29) is 12.5 Å². The summed E-state index contributed by atoms with van der Waals surface area (Å²) in [5.41, 5.74) is 0.849. The lowest BCUT2D eigenvalue weighted by molar-refractivity contribution is -0.137. The van der Waals surface area contributed by atoms with Crippen LogP contribution in [0, 0.1) is 0 Å². The molecule has 0 aliphatic rings. The highest BCUT2D eigenvalue weighted by Crippen LogP contribution is 2.34. The van der Waals surface area contributed by atoms with Crippen molar-refractivity contribution in [3.63, 3.8) is 0 Å². The first kappa shape index (κ1) is 15.1. The van der Waals surface area contributed by atoms with E-state index < -0.39 is 5.97 Å². The number of hydrogen-bond acceptors (Lipinski definition) is 2. The Bertz CT molecular complexity index is 430. The highest BCUT2D eigenvalue weighted by atomic mass is 35.5. The molecule has 5 heteroatoms. The van der Waals surface area contributed by atoms with Gasteiger partial charge >= 0.3 is 5.97 Å². The maximum Gasteiger partial charge on any atom is 0.303 e. The van der Waals surface area contributed by atoms with Crippen molar-refractivity contribution in [3.8, 4) is 5.75 Å². The lowest BCUT2D eigenvalue weighted by Gasteiger charge is -2.16. The van der Waals surface area contributed by atoms with Crippen LogP contribution in [0.5, 0.6) is 5.75 Å². The first-order valence-electron chi connectivity index (χ1n) is 5.76. The van der Waals surface area contributed by atoms with E-state index in [0.29, 0.717) is 28.6 Å². The Balaban J connectivity index is 2.88. The summed E-state index contributed by atoms with van der Waals surface area (Å²) >= 11 is 12.0. The molecule has 1 N–H and O–H groups in total. The SMILES string of the molecule is CC(C)Oc1c(Cl)cc(Cl)cc1CCCC(=O)O. The van der Waals surface area contributed by atoms with Crippen molar-refractivity contribution in [3.05, 3.63) is 27.7 Å². The predicted octanol–water partition coefficient (Wildman–Crippen LogP) is 4.19. The highest BCUT2D eigenvalue weighted by molar-refractivity contribution is 6.35. The molecule has 0 bridgehead atoms. The molecule has 0 aromatic heterocycles. The third-order valence-corrected chi connectivity index (χ3v) is 2.77. The van der Waals surface area contributed by atoms with Crippen molar-refractivity contribution in [2.75, 3.05) is 0 Å². The molecule has 3 nitrogen and oxygen atoms in total. The Labute approximate surface area is 117 Å². The number of benzene rings is 1. The number of rotatable bonds is 6. The molecule has 1 rings (SSSR count). The summed E-state index contributed by atoms with van der Waals surface area (Å²) in [5, 5.41) is 9.62. The number of carbonyl (C=O) groups is 1. The number of aliphatic carboxylic acids is 1. The molecule has 100 valence electrons. The predicted molar refractivity (Wildman–Crippen MR) is 72.8 cm³/mol. The summed E-state index contributed by atoms with van der Waals surface area (Å²) in [6.45, 7) is 3.82. The number of hydrogen-bond donors (Lipinski definition) is 1. The van der Waals surface area contributed by atoms with Gasteiger partial charge in [0, 0.05) is 11.4 Å². The van der Waals surface area contributed by atoms with E-state index in [9.17, 15) is 4.79 Å². The lowest BCUT2D eigenvalue weighted by atomic mass is 10.1. The van der Waals surface area contributed by atoms with Crippen molar-refractivity contribution < 1.29 is 14.6 Å². The topological polar surface area (TPSA) is 46.5 Å². The van der Waals surface area contributed by atoms with Gasteiger partial charge in [-0.15, -0.1) is 0 Å². The molecule has 0 spiro atoms. The summed E-state index contributed by atoms with van der Waals surface area (Å²) < 4.78 is 5.65. The van der Waals surface area contributed by atoms with Crippen molar-refractivity contribution in [2.24, 2.45) is 0 Å². The van der Waals surface area contributed by atoms with Crippen LogP contribution in [0.2, 0.25) is 10.0 Å². The van der Waals surface area contributed by atoms with Gasteiger partial charge < -0.3 is 9.84 Å². The third-order valence-electron chi connectivity index (χ3n) is 2.28. The number of aryl methyl sites for hydroxylation is 1. The quantitative estimate of drug-likeness (QED) is 0.855. The molecule has 1 aromatic rings. The summed E-state index contributed by atoms with van der Waals surface area (Å²) in [6.07, 6.45) is 1.22. The molecular weight excluding hydrogens is 275 g/mol. The van der Waals surface area contributed by atoms with Gasteiger partial charge in [0.15, 0.2) is 0 Å². The standard InChI is InChI=1S/C13H16Cl2O3/c1-8(2)18-13-9(4-3-5-12(16)17)6-10(14)7-11(13)15/h6-8H,3-5H2,1-2H3,(H,16,17). The van der Waals surface area contributed by atoms with Crippen LogP contribution < -0.4 is 4.74 Å². The Morgan fingerprint density at radius 3 is 2.61 bits per heavy atom. The summed E-state index contributed by atoms with van der Waals surface area (Å²) in [7, 11) is 0. The van der Waals surface area contributed by atoms with Gasteiger partial charge in [0.2, 0.25) is 0 Å². The number of carboxylic acids is 1. The van der Waals surface area contributed by atoms with Crippen LogP contribution in [-0.4, -0.2) is 17.2 Å². The van der Waals surface area contributed by atoms with Gasteiger partial charge in [0.1, 0.15) is 5.75 Å². The molecule has 0 saturated carbocycles. The average molecular weight is 291 g/mol. The zero-order valence-electron chi connectivity index (χ0n) is 10.4. The number of halogens is 2. The van der Waals surface area contributed by atoms with Crippen LogP contribution in [0.4, 0.5) is 0 Å². The van der Waals surface area contributed by atoms with E-state index in [2.05, 4.69) is 0 Å². The third kappa shape index (κ3) is 4.75. The molecule has 0 saturated heterocycles. The molecule has 0 atom stereocenters. The van der Waals surface area contributed by atoms with E-state index in [4.69, 9.17) is 33.0 Å². The van der Waals surface area contributed by atoms with Gasteiger partial charge in [-0.2, -0.15) is 0 Å². The first-order valence-corrected chi connectivity index (χ1v) is 6.52. The Kier molecular flexibility index (Phi) is 5.76. The first-order chi connectivity index (χ1) is 8.40. The summed E-state index contributed by atoms with van der Waals surface area (Å²) in [5.74, 6) is -0.212. The largest absolute Gasteiger partial charge is 0.489 e. The average Bonchev–Trinajstić information content (AvgIpc) is 2.22. The van der Waals surface area contributed by atoms with Gasteiger partial charge in [-0.3, -0.25) is 4.79 Å². The maximum atomic E-state index is 10.5. The number of ether oxygens (including phenoxy) is 1. The van der Waals surface area contributed by atoms with Crippen LogP contribution >= 0.6 is 23.2 Å². The van der Waals surface area contributed by atoms with E-state index >= 15 is 0 Å². The molecule has 0 amide bonds. The normalized spacial score (nSPS) is 10.7. The van der Waals surface area contributed by atoms with Gasteiger partial charge in [-0.25, -0.2) is 0 Å². The van der Waals surface area contributed by atoms with Crippen LogP contribution in [0.25, 0.3) is 0 Å². The fraction of sp³-hybridized carbons (Fsp3) is 0.462. The molecular formula is C13H16Cl2O3. The smallest absolute Gasteiger partial charge is 0.303 e. The fourth-order valence-corrected chi connectivity index (χ4v) is 2.18. The van der Waals surface area contributed by atoms with Crippen molar-refractivity contribution >= 4 is 29.2 Å². The second kappa shape index (κ2) is 6.86. The molecule has 0 unspecified atom stereocenters. The van der Waals surface area contributed by atoms with Gasteiger partial charge in [0.25, 0.3) is 0 Å². The monoisotopic (exact) mass is 290 g/mol. The molecule has 0 heterocycles. The van der Waals surface area contributed by atoms with Crippen LogP contribution in [0.15, 0.2) is 12.1 Å². The van der Waals surface area contributed by atoms with Crippen LogP contribution in [-0.2, 0) is 11.2 Å². The van der Waals surface area contributed by atoms with Gasteiger partial charge in [0.05, 0.1) is 11.1 Å². The fourth-order valence-electron chi connectivity index (χ4n) is 1.60. The number of carboxylic acid groups (broad SMARTS) is 1. The molecule has 18 heavy (non-hydrogen) atoms. The second-order valence-corrected chi connectivity index (χ2v) is 5.13. The van der Waals surface area contributed by atoms with Crippen molar-refractivity contribution in [2.45, 2.75) is 39.2 Å². The Morgan fingerprint density at radius 2 is 2.06 bits per heavy atom. The molecule has 0 aliphatic carbocycles. The molecule has 0 fully saturated rings. The van der Waals surface area contributed by atoms with E-state index in [0.717, 1.165) is 5.56 Å². The van der Waals surface area contributed by atoms with Gasteiger partial charge in [-0.1, -0.05) is 23.2 Å². The highest BCUT2D eigenvalue weighted by Gasteiger charge is 2.12. The Morgan fingerprint density at radius 1 is 1.39 bits per heavy atom. The maximum absolute atomic E-state index is 10.5. The Hall–Kier alpha value is -0.930. The summed E-state index contributed by atoms with van der Waals surface area (Å²) in [6, 6.07) is 3.40. The minimum Gasteiger partial charge on any atom is -0.489 e. The van der Waals surface area contributed by atoms with E-state index in [1.807, 2.05) is 13.8 Å². The van der Waals surface area contributed by atoms with Crippen molar-refractivity contribution in [1.29, 1.82) is 0 Å². The van der Waals surface area contributed by atoms with Crippen LogP contribution in [0.3, 0.4) is 0 Å². The zero-order valence-corrected chi connectivity index (χ0v) is 11.9. The minimum atomic E-state index is -0.811. The second-order valence-electron chi connectivity index (χ2n) is 4.29. The van der Waals surface area contributed by atoms with E-state index in [1.165, 1.54) is 0 Å².